The lowest BCUT2D eigenvalue weighted by Gasteiger charge is -2.35. The van der Waals surface area contributed by atoms with Crippen molar-refractivity contribution in [2.24, 2.45) is 0 Å². The van der Waals surface area contributed by atoms with Gasteiger partial charge in [-0.1, -0.05) is 79.4 Å². The molecular weight excluding hydrogens is 604 g/mol. The summed E-state index contributed by atoms with van der Waals surface area (Å²) >= 11 is 6.11. The van der Waals surface area contributed by atoms with Crippen LogP contribution in [0.3, 0.4) is 0 Å². The highest BCUT2D eigenvalue weighted by atomic mass is 35.5. The number of aryl methyl sites for hydroxylation is 1. The van der Waals surface area contributed by atoms with Crippen molar-refractivity contribution >= 4 is 44.8 Å². The van der Waals surface area contributed by atoms with E-state index >= 15 is 0 Å². The fraction of sp³-hybridized carbons (Fsp3) is 0.375. The smallest absolute Gasteiger partial charge is 0.271 e. The predicted molar refractivity (Wildman–Crippen MR) is 171 cm³/mol. The average molecular weight is 641 g/mol. The zero-order chi connectivity index (χ0) is 31.9. The molecule has 1 atom stereocenters. The molecule has 12 heteroatoms. The molecule has 0 aromatic heterocycles. The van der Waals surface area contributed by atoms with Crippen LogP contribution in [0.1, 0.15) is 48.8 Å². The van der Waals surface area contributed by atoms with E-state index in [1.54, 1.807) is 31.2 Å². The van der Waals surface area contributed by atoms with Crippen molar-refractivity contribution < 1.29 is 22.9 Å². The fourth-order valence-corrected chi connectivity index (χ4v) is 6.48. The molecule has 0 saturated heterocycles. The van der Waals surface area contributed by atoms with Crippen molar-refractivity contribution in [1.82, 2.24) is 10.2 Å². The number of anilines is 1. The zero-order valence-corrected chi connectivity index (χ0v) is 26.4. The Morgan fingerprint density at radius 1 is 1.00 bits per heavy atom. The van der Waals surface area contributed by atoms with Crippen molar-refractivity contribution in [3.05, 3.63) is 105 Å². The second-order valence-electron chi connectivity index (χ2n) is 11.2. The molecule has 0 unspecified atom stereocenters. The van der Waals surface area contributed by atoms with Crippen LogP contribution in [0, 0.1) is 17.0 Å². The summed E-state index contributed by atoms with van der Waals surface area (Å²) in [4.78, 5) is 40.6. The summed E-state index contributed by atoms with van der Waals surface area (Å²) in [6.07, 6.45) is 5.97. The summed E-state index contributed by atoms with van der Waals surface area (Å²) in [6.45, 7) is 0.969. The lowest BCUT2D eigenvalue weighted by atomic mass is 9.94. The molecule has 2 amide bonds. The number of carbonyl (C=O) groups excluding carboxylic acids is 2. The summed E-state index contributed by atoms with van der Waals surface area (Å²) in [5.74, 6) is -0.948. The molecule has 0 aliphatic heterocycles. The Bertz CT molecular complexity index is 1580. The minimum atomic E-state index is -4.07. The van der Waals surface area contributed by atoms with Gasteiger partial charge in [0.2, 0.25) is 21.8 Å². The van der Waals surface area contributed by atoms with E-state index < -0.39 is 33.4 Å². The normalized spacial score (nSPS) is 14.4. The Morgan fingerprint density at radius 2 is 1.66 bits per heavy atom. The summed E-state index contributed by atoms with van der Waals surface area (Å²) in [7, 11) is -4.07. The summed E-state index contributed by atoms with van der Waals surface area (Å²) in [5, 5.41) is 15.2. The highest BCUT2D eigenvalue weighted by Gasteiger charge is 2.34. The topological polar surface area (TPSA) is 130 Å². The van der Waals surface area contributed by atoms with E-state index in [0.29, 0.717) is 16.1 Å². The van der Waals surface area contributed by atoms with Crippen LogP contribution in [0.4, 0.5) is 11.4 Å². The van der Waals surface area contributed by atoms with Crippen LogP contribution in [-0.4, -0.2) is 54.9 Å². The first-order chi connectivity index (χ1) is 20.9. The van der Waals surface area contributed by atoms with E-state index in [0.717, 1.165) is 54.3 Å². The minimum Gasteiger partial charge on any atom is -0.352 e. The van der Waals surface area contributed by atoms with Crippen LogP contribution in [0.2, 0.25) is 5.02 Å². The number of nitrogens with one attached hydrogen (secondary N) is 1. The molecular formula is C32H37ClN4O6S. The third-order valence-corrected chi connectivity index (χ3v) is 9.22. The van der Waals surface area contributed by atoms with Crippen molar-refractivity contribution in [3.8, 4) is 0 Å². The first-order valence-electron chi connectivity index (χ1n) is 14.5. The van der Waals surface area contributed by atoms with E-state index in [2.05, 4.69) is 5.32 Å². The number of nitro benzene ring substituents is 1. The molecule has 234 valence electrons. The molecule has 4 rings (SSSR count). The van der Waals surface area contributed by atoms with Gasteiger partial charge in [-0.15, -0.1) is 0 Å². The maximum absolute atomic E-state index is 14.3. The van der Waals surface area contributed by atoms with Gasteiger partial charge in [0.05, 0.1) is 16.9 Å². The van der Waals surface area contributed by atoms with Crippen molar-refractivity contribution in [1.29, 1.82) is 0 Å². The molecule has 44 heavy (non-hydrogen) atoms. The number of nitrogens with zero attached hydrogens (tertiary/aromatic N) is 3. The number of halogens is 1. The Balaban J connectivity index is 1.75. The highest BCUT2D eigenvalue weighted by Crippen LogP contribution is 2.28. The lowest BCUT2D eigenvalue weighted by molar-refractivity contribution is -0.384. The Morgan fingerprint density at radius 3 is 2.27 bits per heavy atom. The van der Waals surface area contributed by atoms with Gasteiger partial charge in [0.25, 0.3) is 5.69 Å². The van der Waals surface area contributed by atoms with Gasteiger partial charge in [0, 0.05) is 36.2 Å². The second kappa shape index (κ2) is 14.7. The number of sulfonamides is 1. The van der Waals surface area contributed by atoms with Crippen LogP contribution in [0.25, 0.3) is 0 Å². The lowest BCUT2D eigenvalue weighted by Crippen LogP contribution is -2.55. The Labute approximate surface area is 263 Å². The van der Waals surface area contributed by atoms with Crippen LogP contribution in [0.15, 0.2) is 72.8 Å². The van der Waals surface area contributed by atoms with Crippen LogP contribution in [-0.2, 0) is 32.6 Å². The van der Waals surface area contributed by atoms with Gasteiger partial charge >= 0.3 is 0 Å². The Hall–Kier alpha value is -3.96. The van der Waals surface area contributed by atoms with Gasteiger partial charge < -0.3 is 10.2 Å². The largest absolute Gasteiger partial charge is 0.352 e. The summed E-state index contributed by atoms with van der Waals surface area (Å²) < 4.78 is 27.0. The van der Waals surface area contributed by atoms with Crippen LogP contribution < -0.4 is 9.62 Å². The number of nitro groups is 1. The first kappa shape index (κ1) is 32.9. The van der Waals surface area contributed by atoms with Crippen molar-refractivity contribution in [2.45, 2.75) is 64.1 Å². The SMILES string of the molecule is Cc1ccc([N+](=O)[O-])cc1N(CC(=O)N(Cc1ccc(Cl)cc1)[C@H](Cc1ccccc1)C(=O)NC1CCCCC1)S(C)(=O)=O. The third kappa shape index (κ3) is 8.79. The van der Waals surface area contributed by atoms with Crippen LogP contribution >= 0.6 is 11.6 Å². The number of hydrogen-bond acceptors (Lipinski definition) is 6. The van der Waals surface area contributed by atoms with Crippen LogP contribution in [0.5, 0.6) is 0 Å². The number of carbonyl (C=O) groups is 2. The molecule has 0 heterocycles. The number of hydrogen-bond donors (Lipinski definition) is 1. The summed E-state index contributed by atoms with van der Waals surface area (Å²) in [5.41, 5.74) is 1.68. The minimum absolute atomic E-state index is 0.0110. The molecule has 0 radical (unpaired) electrons. The third-order valence-electron chi connectivity index (χ3n) is 7.84. The molecule has 1 saturated carbocycles. The highest BCUT2D eigenvalue weighted by molar-refractivity contribution is 7.92. The molecule has 3 aromatic carbocycles. The first-order valence-corrected chi connectivity index (χ1v) is 16.8. The van der Waals surface area contributed by atoms with E-state index in [1.807, 2.05) is 30.3 Å². The van der Waals surface area contributed by atoms with E-state index in [9.17, 15) is 28.1 Å². The van der Waals surface area contributed by atoms with E-state index in [-0.39, 0.29) is 36.3 Å². The van der Waals surface area contributed by atoms with Gasteiger partial charge in [-0.05, 0) is 48.6 Å². The monoisotopic (exact) mass is 640 g/mol. The zero-order valence-electron chi connectivity index (χ0n) is 24.8. The quantitative estimate of drug-likeness (QED) is 0.208. The van der Waals surface area contributed by atoms with Gasteiger partial charge in [-0.25, -0.2) is 8.42 Å². The molecule has 0 bridgehead atoms. The van der Waals surface area contributed by atoms with Gasteiger partial charge in [0.1, 0.15) is 12.6 Å². The van der Waals surface area contributed by atoms with Gasteiger partial charge in [-0.2, -0.15) is 0 Å². The summed E-state index contributed by atoms with van der Waals surface area (Å²) in [6, 6.07) is 19.1. The number of benzene rings is 3. The molecule has 3 aromatic rings. The average Bonchev–Trinajstić information content (AvgIpc) is 2.99. The maximum Gasteiger partial charge on any atom is 0.271 e. The van der Waals surface area contributed by atoms with Gasteiger partial charge in [0.15, 0.2) is 0 Å². The van der Waals surface area contributed by atoms with Crippen molar-refractivity contribution in [3.63, 3.8) is 0 Å². The maximum atomic E-state index is 14.3. The van der Waals surface area contributed by atoms with Gasteiger partial charge in [-0.3, -0.25) is 24.0 Å². The number of rotatable bonds is 12. The Kier molecular flexibility index (Phi) is 11.0. The number of non-ortho nitro benzene ring substituents is 1. The molecule has 1 aliphatic rings. The standard InChI is InChI=1S/C32H37ClN4O6S/c1-23-13-18-28(37(40)41)20-29(23)36(44(2,42)43)22-31(38)35(21-25-14-16-26(33)17-15-25)30(19-24-9-5-3-6-10-24)32(39)34-27-11-7-4-8-12-27/h3,5-6,9-10,13-18,20,27,30H,4,7-8,11-12,19,21-22H2,1-2H3,(H,34,39)/t30-/m1/s1. The number of amides is 2. The fourth-order valence-electron chi connectivity index (χ4n) is 5.46. The van der Waals surface area contributed by atoms with Crippen molar-refractivity contribution in [2.75, 3.05) is 17.1 Å². The predicted octanol–water partition coefficient (Wildman–Crippen LogP) is 5.41. The molecule has 1 fully saturated rings. The molecule has 1 aliphatic carbocycles. The van der Waals surface area contributed by atoms with E-state index in [4.69, 9.17) is 11.6 Å². The molecule has 0 spiro atoms. The molecule has 10 nitrogen and oxygen atoms in total. The van der Waals surface area contributed by atoms with E-state index in [1.165, 1.54) is 17.0 Å². The molecule has 1 N–H and O–H groups in total. The second-order valence-corrected chi connectivity index (χ2v) is 13.5.